The van der Waals surface area contributed by atoms with E-state index in [4.69, 9.17) is 0 Å². The fraction of sp³-hybridized carbons (Fsp3) is 0.500. The van der Waals surface area contributed by atoms with Crippen LogP contribution in [0.25, 0.3) is 0 Å². The highest BCUT2D eigenvalue weighted by Gasteiger charge is 2.30. The number of rotatable bonds is 2. The summed E-state index contributed by atoms with van der Waals surface area (Å²) in [5.41, 5.74) is 1.04. The summed E-state index contributed by atoms with van der Waals surface area (Å²) in [4.78, 5) is 0.723. The van der Waals surface area contributed by atoms with Gasteiger partial charge in [0.1, 0.15) is 5.82 Å². The first kappa shape index (κ1) is 11.0. The lowest BCUT2D eigenvalue weighted by molar-refractivity contribution is 0.430. The predicted molar refractivity (Wildman–Crippen MR) is 62.8 cm³/mol. The summed E-state index contributed by atoms with van der Waals surface area (Å²) in [6, 6.07) is 5.58. The zero-order valence-electron chi connectivity index (χ0n) is 9.14. The Morgan fingerprint density at radius 2 is 2.27 bits per heavy atom. The summed E-state index contributed by atoms with van der Waals surface area (Å²) in [5, 5.41) is 3.44. The molecule has 1 atom stereocenters. The third-order valence-corrected chi connectivity index (χ3v) is 3.93. The average Bonchev–Trinajstić information content (AvgIpc) is 2.66. The SMILES string of the molecule is CSc1ccc(C2(C)CCCN2)cc1F. The molecular formula is C12H16FNS. The molecule has 1 aliphatic rings. The minimum Gasteiger partial charge on any atom is -0.308 e. The molecule has 1 heterocycles. The first-order valence-electron chi connectivity index (χ1n) is 5.25. The van der Waals surface area contributed by atoms with Gasteiger partial charge < -0.3 is 5.32 Å². The Kier molecular flexibility index (Phi) is 3.03. The van der Waals surface area contributed by atoms with E-state index in [-0.39, 0.29) is 11.4 Å². The Bertz CT molecular complexity index is 359. The number of halogens is 1. The first-order valence-corrected chi connectivity index (χ1v) is 6.47. The molecule has 1 aliphatic heterocycles. The van der Waals surface area contributed by atoms with Gasteiger partial charge in [0, 0.05) is 10.4 Å². The van der Waals surface area contributed by atoms with Gasteiger partial charge in [-0.2, -0.15) is 0 Å². The third kappa shape index (κ3) is 2.04. The summed E-state index contributed by atoms with van der Waals surface area (Å²) >= 11 is 1.45. The number of benzene rings is 1. The molecule has 1 aromatic carbocycles. The lowest BCUT2D eigenvalue weighted by atomic mass is 9.90. The lowest BCUT2D eigenvalue weighted by Crippen LogP contribution is -2.33. The fourth-order valence-corrected chi connectivity index (χ4v) is 2.61. The van der Waals surface area contributed by atoms with Gasteiger partial charge in [-0.3, -0.25) is 0 Å². The van der Waals surface area contributed by atoms with Crippen LogP contribution in [0.3, 0.4) is 0 Å². The van der Waals surface area contributed by atoms with Gasteiger partial charge in [0.2, 0.25) is 0 Å². The summed E-state index contributed by atoms with van der Waals surface area (Å²) in [5.74, 6) is -0.102. The minimum absolute atomic E-state index is 0.0300. The quantitative estimate of drug-likeness (QED) is 0.776. The van der Waals surface area contributed by atoms with E-state index in [0.29, 0.717) is 0 Å². The molecule has 1 nitrogen and oxygen atoms in total. The van der Waals surface area contributed by atoms with E-state index in [0.717, 1.165) is 23.4 Å². The highest BCUT2D eigenvalue weighted by atomic mass is 32.2. The molecule has 1 aromatic rings. The standard InChI is InChI=1S/C12H16FNS/c1-12(6-3-7-14-12)9-4-5-11(15-2)10(13)8-9/h4-5,8,14H,3,6-7H2,1-2H3. The van der Waals surface area contributed by atoms with Crippen molar-refractivity contribution in [3.63, 3.8) is 0 Å². The zero-order chi connectivity index (χ0) is 10.9. The summed E-state index contributed by atoms with van der Waals surface area (Å²) < 4.78 is 13.6. The number of nitrogens with one attached hydrogen (secondary N) is 1. The molecule has 82 valence electrons. The summed E-state index contributed by atoms with van der Waals surface area (Å²) in [6.07, 6.45) is 4.15. The van der Waals surface area contributed by atoms with Crippen LogP contribution >= 0.6 is 11.8 Å². The molecule has 2 rings (SSSR count). The third-order valence-electron chi connectivity index (χ3n) is 3.16. The zero-order valence-corrected chi connectivity index (χ0v) is 9.96. The maximum atomic E-state index is 13.6. The lowest BCUT2D eigenvalue weighted by Gasteiger charge is -2.25. The van der Waals surface area contributed by atoms with Crippen LogP contribution < -0.4 is 5.32 Å². The van der Waals surface area contributed by atoms with Crippen molar-refractivity contribution in [3.05, 3.63) is 29.6 Å². The highest BCUT2D eigenvalue weighted by Crippen LogP contribution is 2.32. The number of thioether (sulfide) groups is 1. The van der Waals surface area contributed by atoms with Gasteiger partial charge in [-0.05, 0) is 50.3 Å². The van der Waals surface area contributed by atoms with Gasteiger partial charge in [-0.15, -0.1) is 11.8 Å². The van der Waals surface area contributed by atoms with Gasteiger partial charge in [0.15, 0.2) is 0 Å². The monoisotopic (exact) mass is 225 g/mol. The Morgan fingerprint density at radius 3 is 2.80 bits per heavy atom. The van der Waals surface area contributed by atoms with Crippen molar-refractivity contribution in [2.24, 2.45) is 0 Å². The molecule has 1 fully saturated rings. The first-order chi connectivity index (χ1) is 7.15. The molecule has 0 spiro atoms. The second-order valence-corrected chi connectivity index (χ2v) is 5.06. The molecule has 1 saturated heterocycles. The van der Waals surface area contributed by atoms with Crippen molar-refractivity contribution in [2.45, 2.75) is 30.2 Å². The maximum Gasteiger partial charge on any atom is 0.137 e. The number of hydrogen-bond donors (Lipinski definition) is 1. The molecule has 0 amide bonds. The average molecular weight is 225 g/mol. The van der Waals surface area contributed by atoms with Crippen molar-refractivity contribution in [1.29, 1.82) is 0 Å². The van der Waals surface area contributed by atoms with Gasteiger partial charge in [0.25, 0.3) is 0 Å². The van der Waals surface area contributed by atoms with Gasteiger partial charge in [0.05, 0.1) is 0 Å². The van der Waals surface area contributed by atoms with Crippen LogP contribution in [0.1, 0.15) is 25.3 Å². The molecule has 1 unspecified atom stereocenters. The molecule has 1 N–H and O–H groups in total. The summed E-state index contributed by atoms with van der Waals surface area (Å²) in [6.45, 7) is 3.18. The van der Waals surface area contributed by atoms with E-state index in [9.17, 15) is 4.39 Å². The second-order valence-electron chi connectivity index (χ2n) is 4.21. The van der Waals surface area contributed by atoms with Crippen LogP contribution in [0.5, 0.6) is 0 Å². The van der Waals surface area contributed by atoms with Gasteiger partial charge >= 0.3 is 0 Å². The Balaban J connectivity index is 2.33. The van der Waals surface area contributed by atoms with Crippen LogP contribution in [0.4, 0.5) is 4.39 Å². The topological polar surface area (TPSA) is 12.0 Å². The molecule has 3 heteroatoms. The molecule has 0 radical (unpaired) electrons. The minimum atomic E-state index is -0.102. The largest absolute Gasteiger partial charge is 0.308 e. The molecule has 0 saturated carbocycles. The van der Waals surface area contributed by atoms with Crippen molar-refractivity contribution < 1.29 is 4.39 Å². The van der Waals surface area contributed by atoms with Crippen molar-refractivity contribution in [2.75, 3.05) is 12.8 Å². The van der Waals surface area contributed by atoms with E-state index in [1.165, 1.54) is 18.2 Å². The van der Waals surface area contributed by atoms with Crippen LogP contribution in [0, 0.1) is 5.82 Å². The Hall–Kier alpha value is -0.540. The van der Waals surface area contributed by atoms with Gasteiger partial charge in [-0.1, -0.05) is 6.07 Å². The second kappa shape index (κ2) is 4.14. The highest BCUT2D eigenvalue weighted by molar-refractivity contribution is 7.98. The summed E-state index contributed by atoms with van der Waals surface area (Å²) in [7, 11) is 0. The van der Waals surface area contributed by atoms with E-state index >= 15 is 0 Å². The van der Waals surface area contributed by atoms with E-state index < -0.39 is 0 Å². The van der Waals surface area contributed by atoms with Crippen molar-refractivity contribution in [1.82, 2.24) is 5.32 Å². The van der Waals surface area contributed by atoms with E-state index in [1.807, 2.05) is 18.4 Å². The van der Waals surface area contributed by atoms with Crippen LogP contribution in [-0.4, -0.2) is 12.8 Å². The van der Waals surface area contributed by atoms with Gasteiger partial charge in [-0.25, -0.2) is 4.39 Å². The molecule has 0 aliphatic carbocycles. The van der Waals surface area contributed by atoms with E-state index in [2.05, 4.69) is 12.2 Å². The van der Waals surface area contributed by atoms with Crippen molar-refractivity contribution in [3.8, 4) is 0 Å². The number of hydrogen-bond acceptors (Lipinski definition) is 2. The molecular weight excluding hydrogens is 209 g/mol. The van der Waals surface area contributed by atoms with Crippen LogP contribution in [0.2, 0.25) is 0 Å². The molecule has 0 aromatic heterocycles. The van der Waals surface area contributed by atoms with E-state index in [1.54, 1.807) is 6.07 Å². The van der Waals surface area contributed by atoms with Crippen LogP contribution in [-0.2, 0) is 5.54 Å². The Morgan fingerprint density at radius 1 is 1.47 bits per heavy atom. The molecule has 0 bridgehead atoms. The normalized spacial score (nSPS) is 25.8. The predicted octanol–water partition coefficient (Wildman–Crippen LogP) is 3.15. The van der Waals surface area contributed by atoms with Crippen molar-refractivity contribution >= 4 is 11.8 Å². The Labute approximate surface area is 94.5 Å². The fourth-order valence-electron chi connectivity index (χ4n) is 2.15. The maximum absolute atomic E-state index is 13.6. The molecule has 15 heavy (non-hydrogen) atoms. The smallest absolute Gasteiger partial charge is 0.137 e. The van der Waals surface area contributed by atoms with Crippen LogP contribution in [0.15, 0.2) is 23.1 Å².